The average Bonchev–Trinajstić information content (AvgIpc) is 2.75. The van der Waals surface area contributed by atoms with Gasteiger partial charge in [-0.1, -0.05) is 0 Å². The Kier molecular flexibility index (Phi) is 2.80. The summed E-state index contributed by atoms with van der Waals surface area (Å²) in [4.78, 5) is 12.7. The number of pyridine rings is 1. The van der Waals surface area contributed by atoms with Gasteiger partial charge in [-0.15, -0.1) is 0 Å². The van der Waals surface area contributed by atoms with Crippen molar-refractivity contribution in [2.24, 2.45) is 0 Å². The molecule has 3 rings (SSSR count). The first-order valence-electron chi connectivity index (χ1n) is 5.81. The van der Waals surface area contributed by atoms with Crippen molar-refractivity contribution in [2.45, 2.75) is 18.9 Å². The molecular weight excluding hydrogens is 252 g/mol. The summed E-state index contributed by atoms with van der Waals surface area (Å²) in [6, 6.07) is 3.70. The Morgan fingerprint density at radius 1 is 1.44 bits per heavy atom. The Balaban J connectivity index is 2.05. The van der Waals surface area contributed by atoms with Crippen molar-refractivity contribution in [3.05, 3.63) is 23.6 Å². The summed E-state index contributed by atoms with van der Waals surface area (Å²) < 4.78 is 5.42. The zero-order chi connectivity index (χ0) is 12.6. The third-order valence-corrected chi connectivity index (χ3v) is 3.24. The van der Waals surface area contributed by atoms with E-state index in [4.69, 9.17) is 16.3 Å². The van der Waals surface area contributed by atoms with Crippen molar-refractivity contribution in [3.8, 4) is 0 Å². The summed E-state index contributed by atoms with van der Waals surface area (Å²) in [6.07, 6.45) is 2.65. The number of nitrogens with zero attached hydrogens (tertiary/aromatic N) is 3. The van der Waals surface area contributed by atoms with Gasteiger partial charge in [0.1, 0.15) is 5.52 Å². The van der Waals surface area contributed by atoms with Gasteiger partial charge < -0.3 is 10.1 Å². The Labute approximate surface area is 110 Å². The van der Waals surface area contributed by atoms with Crippen LogP contribution in [0.2, 0.25) is 5.28 Å². The van der Waals surface area contributed by atoms with E-state index in [1.165, 1.54) is 0 Å². The van der Waals surface area contributed by atoms with Crippen LogP contribution in [0.4, 0.5) is 5.82 Å². The molecule has 5 nitrogen and oxygen atoms in total. The van der Waals surface area contributed by atoms with E-state index in [2.05, 4.69) is 27.2 Å². The molecule has 0 radical (unpaired) electrons. The minimum absolute atomic E-state index is 0.123. The van der Waals surface area contributed by atoms with Gasteiger partial charge in [0.25, 0.3) is 0 Å². The number of fused-ring (bicyclic) bond motifs is 1. The number of nitrogens with one attached hydrogen (secondary N) is 1. The molecule has 1 fully saturated rings. The van der Waals surface area contributed by atoms with Gasteiger partial charge in [0.15, 0.2) is 5.82 Å². The minimum atomic E-state index is -0.123. The van der Waals surface area contributed by atoms with E-state index in [1.54, 1.807) is 6.20 Å². The molecule has 6 heteroatoms. The topological polar surface area (TPSA) is 59.9 Å². The van der Waals surface area contributed by atoms with E-state index < -0.39 is 0 Å². The molecule has 1 aliphatic heterocycles. The first kappa shape index (κ1) is 11.6. The normalized spacial score (nSPS) is 23.4. The number of halogens is 1. The van der Waals surface area contributed by atoms with E-state index in [-0.39, 0.29) is 10.8 Å². The van der Waals surface area contributed by atoms with Gasteiger partial charge in [-0.05, 0) is 37.1 Å². The van der Waals surface area contributed by atoms with Crippen LogP contribution in [-0.4, -0.2) is 33.7 Å². The molecule has 1 saturated heterocycles. The van der Waals surface area contributed by atoms with E-state index in [9.17, 15) is 0 Å². The lowest BCUT2D eigenvalue weighted by atomic mass is 10.0. The highest BCUT2D eigenvalue weighted by Crippen LogP contribution is 2.27. The number of rotatable bonds is 2. The smallest absolute Gasteiger partial charge is 0.225 e. The summed E-state index contributed by atoms with van der Waals surface area (Å²) in [5, 5.41) is 3.60. The quantitative estimate of drug-likeness (QED) is 0.843. The minimum Gasteiger partial charge on any atom is -0.379 e. The molecule has 1 unspecified atom stereocenters. The second-order valence-electron chi connectivity index (χ2n) is 4.70. The van der Waals surface area contributed by atoms with Crippen molar-refractivity contribution in [1.29, 1.82) is 0 Å². The zero-order valence-electron chi connectivity index (χ0n) is 9.98. The molecule has 18 heavy (non-hydrogen) atoms. The number of ether oxygens (including phenoxy) is 1. The fourth-order valence-electron chi connectivity index (χ4n) is 2.08. The fourth-order valence-corrected chi connectivity index (χ4v) is 2.25. The van der Waals surface area contributed by atoms with Gasteiger partial charge in [0.05, 0.1) is 17.7 Å². The SMILES string of the molecule is CC1(Nc2nc(Cl)nc3cccnc23)CCOC1. The number of aromatic nitrogens is 3. The molecule has 0 amide bonds. The number of anilines is 1. The molecular formula is C12H13ClN4O. The summed E-state index contributed by atoms with van der Waals surface area (Å²) in [7, 11) is 0. The van der Waals surface area contributed by atoms with Crippen LogP contribution in [0.1, 0.15) is 13.3 Å². The van der Waals surface area contributed by atoms with Gasteiger partial charge in [-0.2, -0.15) is 4.98 Å². The van der Waals surface area contributed by atoms with Crippen molar-refractivity contribution in [3.63, 3.8) is 0 Å². The second kappa shape index (κ2) is 4.33. The molecule has 2 aromatic rings. The maximum atomic E-state index is 5.93. The molecule has 1 N–H and O–H groups in total. The van der Waals surface area contributed by atoms with Crippen molar-refractivity contribution < 1.29 is 4.74 Å². The summed E-state index contributed by atoms with van der Waals surface area (Å²) >= 11 is 5.93. The third-order valence-electron chi connectivity index (χ3n) is 3.07. The zero-order valence-corrected chi connectivity index (χ0v) is 10.7. The van der Waals surface area contributed by atoms with Gasteiger partial charge in [-0.3, -0.25) is 4.98 Å². The first-order valence-corrected chi connectivity index (χ1v) is 6.18. The molecule has 3 heterocycles. The van der Waals surface area contributed by atoms with Crippen LogP contribution in [0.5, 0.6) is 0 Å². The predicted octanol–water partition coefficient (Wildman–Crippen LogP) is 2.27. The van der Waals surface area contributed by atoms with Crippen LogP contribution < -0.4 is 5.32 Å². The van der Waals surface area contributed by atoms with E-state index in [0.717, 1.165) is 24.1 Å². The Morgan fingerprint density at radius 3 is 3.11 bits per heavy atom. The largest absolute Gasteiger partial charge is 0.379 e. The lowest BCUT2D eigenvalue weighted by molar-refractivity contribution is 0.185. The fraction of sp³-hybridized carbons (Fsp3) is 0.417. The van der Waals surface area contributed by atoms with Crippen LogP contribution in [0.3, 0.4) is 0 Å². The Bertz CT molecular complexity index is 583. The maximum absolute atomic E-state index is 5.93. The van der Waals surface area contributed by atoms with Crippen LogP contribution in [0.15, 0.2) is 18.3 Å². The van der Waals surface area contributed by atoms with Crippen LogP contribution in [-0.2, 0) is 4.74 Å². The maximum Gasteiger partial charge on any atom is 0.225 e. The monoisotopic (exact) mass is 264 g/mol. The van der Waals surface area contributed by atoms with Crippen LogP contribution in [0, 0.1) is 0 Å². The van der Waals surface area contributed by atoms with Crippen molar-refractivity contribution in [2.75, 3.05) is 18.5 Å². The standard InChI is InChI=1S/C12H13ClN4O/c1-12(4-6-18-7-12)17-10-9-8(3-2-5-14-9)15-11(13)16-10/h2-3,5H,4,6-7H2,1H3,(H,15,16,17). The molecule has 94 valence electrons. The average molecular weight is 265 g/mol. The lowest BCUT2D eigenvalue weighted by Gasteiger charge is -2.24. The molecule has 0 aromatic carbocycles. The number of hydrogen-bond acceptors (Lipinski definition) is 5. The van der Waals surface area contributed by atoms with Gasteiger partial charge in [0, 0.05) is 12.8 Å². The molecule has 1 aliphatic rings. The molecule has 2 aromatic heterocycles. The molecule has 0 spiro atoms. The molecule has 1 atom stereocenters. The number of hydrogen-bond donors (Lipinski definition) is 1. The van der Waals surface area contributed by atoms with E-state index in [0.29, 0.717) is 12.4 Å². The van der Waals surface area contributed by atoms with Crippen LogP contribution in [0.25, 0.3) is 11.0 Å². The van der Waals surface area contributed by atoms with Gasteiger partial charge in [0.2, 0.25) is 5.28 Å². The summed E-state index contributed by atoms with van der Waals surface area (Å²) in [6.45, 7) is 3.52. The van der Waals surface area contributed by atoms with Gasteiger partial charge in [-0.25, -0.2) is 4.98 Å². The van der Waals surface area contributed by atoms with Crippen LogP contribution >= 0.6 is 11.6 Å². The highest BCUT2D eigenvalue weighted by Gasteiger charge is 2.30. The van der Waals surface area contributed by atoms with Crippen molar-refractivity contribution in [1.82, 2.24) is 15.0 Å². The highest BCUT2D eigenvalue weighted by atomic mass is 35.5. The lowest BCUT2D eigenvalue weighted by Crippen LogP contribution is -2.35. The summed E-state index contributed by atoms with van der Waals surface area (Å²) in [5.41, 5.74) is 1.35. The van der Waals surface area contributed by atoms with Gasteiger partial charge >= 0.3 is 0 Å². The van der Waals surface area contributed by atoms with E-state index >= 15 is 0 Å². The van der Waals surface area contributed by atoms with E-state index in [1.807, 2.05) is 12.1 Å². The molecule has 0 aliphatic carbocycles. The molecule has 0 saturated carbocycles. The molecule has 0 bridgehead atoms. The Morgan fingerprint density at radius 2 is 2.33 bits per heavy atom. The first-order chi connectivity index (χ1) is 8.66. The second-order valence-corrected chi connectivity index (χ2v) is 5.04. The summed E-state index contributed by atoms with van der Waals surface area (Å²) in [5.74, 6) is 0.665. The van der Waals surface area contributed by atoms with Crippen molar-refractivity contribution >= 4 is 28.5 Å². The predicted molar refractivity (Wildman–Crippen MR) is 69.8 cm³/mol. The highest BCUT2D eigenvalue weighted by molar-refractivity contribution is 6.28. The third kappa shape index (κ3) is 2.11. The Hall–Kier alpha value is -1.46.